The quantitative estimate of drug-likeness (QED) is 0.712. The molecule has 1 aromatic heterocycles. The van der Waals surface area contributed by atoms with Gasteiger partial charge in [0.2, 0.25) is 0 Å². The molecular weight excluding hydrogens is 352 g/mol. The molecule has 1 aromatic carbocycles. The molecule has 0 bridgehead atoms. The average Bonchev–Trinajstić information content (AvgIpc) is 3.12. The smallest absolute Gasteiger partial charge is 0.317 e. The summed E-state index contributed by atoms with van der Waals surface area (Å²) in [7, 11) is 1.56. The second-order valence-electron chi connectivity index (χ2n) is 6.41. The highest BCUT2D eigenvalue weighted by Gasteiger charge is 2.35. The number of aromatic nitrogens is 2. The van der Waals surface area contributed by atoms with Crippen LogP contribution in [0.2, 0.25) is 0 Å². The molecule has 27 heavy (non-hydrogen) atoms. The van der Waals surface area contributed by atoms with Crippen molar-refractivity contribution in [1.29, 1.82) is 0 Å². The Morgan fingerprint density at radius 3 is 2.85 bits per heavy atom. The number of carboxylic acids is 1. The summed E-state index contributed by atoms with van der Waals surface area (Å²) in [4.78, 5) is 29.2. The third kappa shape index (κ3) is 4.43. The SMILES string of the molecule is CCN(CC(=O)O)C1CC(NC(=O)c2noc(-c3cccc(OC)c3)n2)C1. The van der Waals surface area contributed by atoms with Crippen molar-refractivity contribution in [1.82, 2.24) is 20.4 Å². The number of methoxy groups -OCH3 is 1. The van der Waals surface area contributed by atoms with Crippen molar-refractivity contribution < 1.29 is 24.0 Å². The van der Waals surface area contributed by atoms with Crippen LogP contribution in [0.5, 0.6) is 5.75 Å². The molecule has 1 aliphatic carbocycles. The highest BCUT2D eigenvalue weighted by Crippen LogP contribution is 2.26. The Bertz CT molecular complexity index is 816. The van der Waals surface area contributed by atoms with E-state index in [0.29, 0.717) is 30.7 Å². The molecule has 1 saturated carbocycles. The van der Waals surface area contributed by atoms with Crippen LogP contribution in [0.4, 0.5) is 0 Å². The number of aliphatic carboxylic acids is 1. The molecule has 1 aliphatic rings. The van der Waals surface area contributed by atoms with Gasteiger partial charge >= 0.3 is 5.97 Å². The molecule has 9 nitrogen and oxygen atoms in total. The standard InChI is InChI=1S/C18H22N4O5/c1-3-22(10-15(23)24)13-8-12(9-13)19-17(25)16-20-18(27-21-16)11-5-4-6-14(7-11)26-2/h4-7,12-13H,3,8-10H2,1-2H3,(H,19,25)(H,23,24). The zero-order chi connectivity index (χ0) is 19.4. The van der Waals surface area contributed by atoms with Gasteiger partial charge in [0.15, 0.2) is 0 Å². The fourth-order valence-corrected chi connectivity index (χ4v) is 3.12. The minimum Gasteiger partial charge on any atom is -0.497 e. The zero-order valence-electron chi connectivity index (χ0n) is 15.2. The maximum absolute atomic E-state index is 12.3. The van der Waals surface area contributed by atoms with Gasteiger partial charge in [0, 0.05) is 17.6 Å². The Balaban J connectivity index is 1.55. The number of nitrogens with zero attached hydrogens (tertiary/aromatic N) is 3. The summed E-state index contributed by atoms with van der Waals surface area (Å²) < 4.78 is 10.3. The second kappa shape index (κ2) is 8.17. The van der Waals surface area contributed by atoms with Crippen molar-refractivity contribution in [2.75, 3.05) is 20.2 Å². The van der Waals surface area contributed by atoms with E-state index in [2.05, 4.69) is 15.5 Å². The molecule has 0 radical (unpaired) electrons. The van der Waals surface area contributed by atoms with Gasteiger partial charge in [-0.3, -0.25) is 14.5 Å². The first-order chi connectivity index (χ1) is 13.0. The molecule has 1 heterocycles. The summed E-state index contributed by atoms with van der Waals surface area (Å²) in [5.74, 6) is -0.392. The normalized spacial score (nSPS) is 18.8. The first-order valence-electron chi connectivity index (χ1n) is 8.75. The van der Waals surface area contributed by atoms with Gasteiger partial charge in [-0.05, 0) is 37.6 Å². The molecule has 0 spiro atoms. The molecule has 1 fully saturated rings. The third-order valence-corrected chi connectivity index (χ3v) is 4.66. The number of hydrogen-bond acceptors (Lipinski definition) is 7. The van der Waals surface area contributed by atoms with E-state index in [9.17, 15) is 9.59 Å². The number of nitrogens with one attached hydrogen (secondary N) is 1. The van der Waals surface area contributed by atoms with Crippen LogP contribution in [0, 0.1) is 0 Å². The van der Waals surface area contributed by atoms with E-state index in [1.54, 1.807) is 31.4 Å². The van der Waals surface area contributed by atoms with Crippen molar-refractivity contribution in [3.63, 3.8) is 0 Å². The zero-order valence-corrected chi connectivity index (χ0v) is 15.2. The molecule has 1 amide bonds. The number of benzene rings is 1. The summed E-state index contributed by atoms with van der Waals surface area (Å²) >= 11 is 0. The van der Waals surface area contributed by atoms with E-state index in [1.165, 1.54) is 0 Å². The summed E-state index contributed by atoms with van der Waals surface area (Å²) in [5.41, 5.74) is 0.664. The van der Waals surface area contributed by atoms with Crippen molar-refractivity contribution >= 4 is 11.9 Å². The maximum atomic E-state index is 12.3. The van der Waals surface area contributed by atoms with Gasteiger partial charge in [0.25, 0.3) is 17.6 Å². The predicted octanol–water partition coefficient (Wildman–Crippen LogP) is 1.41. The van der Waals surface area contributed by atoms with E-state index >= 15 is 0 Å². The van der Waals surface area contributed by atoms with Crippen LogP contribution in [0.25, 0.3) is 11.5 Å². The average molecular weight is 374 g/mol. The number of carbonyl (C=O) groups is 2. The molecule has 2 aromatic rings. The van der Waals surface area contributed by atoms with Gasteiger partial charge in [-0.1, -0.05) is 18.1 Å². The lowest BCUT2D eigenvalue weighted by molar-refractivity contribution is -0.139. The Labute approximate surface area is 156 Å². The highest BCUT2D eigenvalue weighted by atomic mass is 16.5. The Morgan fingerprint density at radius 1 is 1.41 bits per heavy atom. The van der Waals surface area contributed by atoms with Crippen LogP contribution >= 0.6 is 0 Å². The molecule has 0 unspecified atom stereocenters. The fourth-order valence-electron chi connectivity index (χ4n) is 3.12. The molecule has 9 heteroatoms. The number of carbonyl (C=O) groups excluding carboxylic acids is 1. The van der Waals surface area contributed by atoms with Crippen LogP contribution in [-0.2, 0) is 4.79 Å². The maximum Gasteiger partial charge on any atom is 0.317 e. The van der Waals surface area contributed by atoms with E-state index in [0.717, 1.165) is 0 Å². The predicted molar refractivity (Wildman–Crippen MR) is 95.4 cm³/mol. The van der Waals surface area contributed by atoms with Gasteiger partial charge in [0.05, 0.1) is 13.7 Å². The number of likely N-dealkylation sites (N-methyl/N-ethyl adjacent to an activating group) is 1. The number of carboxylic acid groups (broad SMARTS) is 1. The molecule has 0 atom stereocenters. The second-order valence-corrected chi connectivity index (χ2v) is 6.41. The van der Waals surface area contributed by atoms with E-state index in [-0.39, 0.29) is 30.3 Å². The van der Waals surface area contributed by atoms with E-state index in [4.69, 9.17) is 14.4 Å². The van der Waals surface area contributed by atoms with Crippen molar-refractivity contribution in [2.24, 2.45) is 0 Å². The summed E-state index contributed by atoms with van der Waals surface area (Å²) in [5, 5.41) is 15.5. The van der Waals surface area contributed by atoms with Gasteiger partial charge in [-0.15, -0.1) is 0 Å². The molecule has 144 valence electrons. The Hall–Kier alpha value is -2.94. The summed E-state index contributed by atoms with van der Waals surface area (Å²) in [6, 6.07) is 7.26. The van der Waals surface area contributed by atoms with Crippen LogP contribution in [0.1, 0.15) is 30.4 Å². The van der Waals surface area contributed by atoms with Gasteiger partial charge < -0.3 is 19.7 Å². The minimum absolute atomic E-state index is 0.0105. The van der Waals surface area contributed by atoms with Crippen LogP contribution in [0.15, 0.2) is 28.8 Å². The molecule has 0 aliphatic heterocycles. The minimum atomic E-state index is -0.846. The third-order valence-electron chi connectivity index (χ3n) is 4.66. The van der Waals surface area contributed by atoms with Crippen molar-refractivity contribution in [2.45, 2.75) is 31.8 Å². The largest absolute Gasteiger partial charge is 0.497 e. The molecular formula is C18H22N4O5. The first kappa shape index (κ1) is 18.8. The number of rotatable bonds is 8. The lowest BCUT2D eigenvalue weighted by Crippen LogP contribution is -2.54. The fraction of sp³-hybridized carbons (Fsp3) is 0.444. The molecule has 2 N–H and O–H groups in total. The Kier molecular flexibility index (Phi) is 5.70. The van der Waals surface area contributed by atoms with Crippen molar-refractivity contribution in [3.8, 4) is 17.2 Å². The van der Waals surface area contributed by atoms with Gasteiger partial charge in [-0.25, -0.2) is 0 Å². The van der Waals surface area contributed by atoms with E-state index < -0.39 is 11.9 Å². The van der Waals surface area contributed by atoms with Crippen LogP contribution in [0.3, 0.4) is 0 Å². The molecule has 3 rings (SSSR count). The van der Waals surface area contributed by atoms with Crippen molar-refractivity contribution in [3.05, 3.63) is 30.1 Å². The first-order valence-corrected chi connectivity index (χ1v) is 8.75. The molecule has 0 saturated heterocycles. The lowest BCUT2D eigenvalue weighted by Gasteiger charge is -2.42. The number of amides is 1. The van der Waals surface area contributed by atoms with Crippen LogP contribution < -0.4 is 10.1 Å². The monoisotopic (exact) mass is 374 g/mol. The Morgan fingerprint density at radius 2 is 2.19 bits per heavy atom. The number of hydrogen-bond donors (Lipinski definition) is 2. The van der Waals surface area contributed by atoms with Gasteiger partial charge in [0.1, 0.15) is 5.75 Å². The lowest BCUT2D eigenvalue weighted by atomic mass is 9.85. The van der Waals surface area contributed by atoms with E-state index in [1.807, 2.05) is 11.8 Å². The van der Waals surface area contributed by atoms with Gasteiger partial charge in [-0.2, -0.15) is 4.98 Å². The topological polar surface area (TPSA) is 118 Å². The summed E-state index contributed by atoms with van der Waals surface area (Å²) in [6.45, 7) is 2.59. The summed E-state index contributed by atoms with van der Waals surface area (Å²) in [6.07, 6.45) is 1.40. The highest BCUT2D eigenvalue weighted by molar-refractivity contribution is 5.91. The number of ether oxygens (including phenoxy) is 1. The van der Waals surface area contributed by atoms with Crippen LogP contribution in [-0.4, -0.2) is 64.3 Å².